The third-order valence-corrected chi connectivity index (χ3v) is 6.69. The normalized spacial score (nSPS) is 14.6. The van der Waals surface area contributed by atoms with E-state index < -0.39 is 0 Å². The molecule has 1 aliphatic rings. The summed E-state index contributed by atoms with van der Waals surface area (Å²) >= 11 is 1.44. The molecule has 1 fully saturated rings. The summed E-state index contributed by atoms with van der Waals surface area (Å²) in [7, 11) is 0. The van der Waals surface area contributed by atoms with Crippen molar-refractivity contribution in [3.63, 3.8) is 0 Å². The van der Waals surface area contributed by atoms with Crippen LogP contribution in [0.15, 0.2) is 60.1 Å². The molecule has 0 saturated carbocycles. The summed E-state index contributed by atoms with van der Waals surface area (Å²) in [6, 6.07) is 12.3. The van der Waals surface area contributed by atoms with Crippen LogP contribution in [0.3, 0.4) is 0 Å². The standard InChI is InChI=1S/C24H29N5OS/c1-18-9-12-28(13-10-18)22-8-7-20(15-26-22)16-27-23(30)17-31-24-25-11-14-29(24)21-6-4-3-5-19(21)2/h3-8,11,14-15,18H,9-10,12-13,16-17H2,1-2H3,(H,27,30). The molecule has 0 bridgehead atoms. The van der Waals surface area contributed by atoms with E-state index in [0.29, 0.717) is 12.3 Å². The van der Waals surface area contributed by atoms with E-state index in [4.69, 9.17) is 0 Å². The number of thioether (sulfide) groups is 1. The summed E-state index contributed by atoms with van der Waals surface area (Å²) in [5.74, 6) is 2.14. The molecule has 6 nitrogen and oxygen atoms in total. The minimum absolute atomic E-state index is 0.0153. The Balaban J connectivity index is 1.27. The van der Waals surface area contributed by atoms with E-state index >= 15 is 0 Å². The number of aryl methyl sites for hydroxylation is 1. The highest BCUT2D eigenvalue weighted by molar-refractivity contribution is 7.99. The number of piperidine rings is 1. The fraction of sp³-hybridized carbons (Fsp3) is 0.375. The lowest BCUT2D eigenvalue weighted by Crippen LogP contribution is -2.33. The molecular formula is C24H29N5OS. The molecule has 1 N–H and O–H groups in total. The molecule has 7 heteroatoms. The summed E-state index contributed by atoms with van der Waals surface area (Å²) in [4.78, 5) is 23.7. The van der Waals surface area contributed by atoms with Crippen LogP contribution in [0.2, 0.25) is 0 Å². The number of hydrogen-bond acceptors (Lipinski definition) is 5. The summed E-state index contributed by atoms with van der Waals surface area (Å²) in [6.45, 7) is 7.00. The average Bonchev–Trinajstić information content (AvgIpc) is 3.26. The lowest BCUT2D eigenvalue weighted by Gasteiger charge is -2.31. The Kier molecular flexibility index (Phi) is 6.92. The largest absolute Gasteiger partial charge is 0.357 e. The van der Waals surface area contributed by atoms with Gasteiger partial charge in [0.1, 0.15) is 5.82 Å². The molecule has 4 rings (SSSR count). The van der Waals surface area contributed by atoms with Crippen LogP contribution in [-0.2, 0) is 11.3 Å². The number of nitrogens with zero attached hydrogens (tertiary/aromatic N) is 4. The molecular weight excluding hydrogens is 406 g/mol. The zero-order valence-corrected chi connectivity index (χ0v) is 18.9. The Morgan fingerprint density at radius 3 is 2.71 bits per heavy atom. The maximum Gasteiger partial charge on any atom is 0.230 e. The van der Waals surface area contributed by atoms with Crippen molar-refractivity contribution < 1.29 is 4.79 Å². The van der Waals surface area contributed by atoms with E-state index in [-0.39, 0.29) is 5.91 Å². The Morgan fingerprint density at radius 1 is 1.16 bits per heavy atom. The number of imidazole rings is 1. The zero-order chi connectivity index (χ0) is 21.6. The van der Waals surface area contributed by atoms with Crippen LogP contribution in [-0.4, -0.2) is 39.3 Å². The number of para-hydroxylation sites is 1. The molecule has 0 radical (unpaired) electrons. The Bertz CT molecular complexity index is 1010. The number of rotatable bonds is 7. The van der Waals surface area contributed by atoms with Gasteiger partial charge in [-0.1, -0.05) is 43.0 Å². The van der Waals surface area contributed by atoms with E-state index in [2.05, 4.69) is 58.3 Å². The fourth-order valence-electron chi connectivity index (χ4n) is 3.74. The summed E-state index contributed by atoms with van der Waals surface area (Å²) in [5, 5.41) is 3.80. The van der Waals surface area contributed by atoms with Crippen LogP contribution < -0.4 is 10.2 Å². The highest BCUT2D eigenvalue weighted by Crippen LogP contribution is 2.23. The number of amides is 1. The third kappa shape index (κ3) is 5.47. The highest BCUT2D eigenvalue weighted by atomic mass is 32.2. The van der Waals surface area contributed by atoms with Gasteiger partial charge in [-0.05, 0) is 48.9 Å². The second-order valence-electron chi connectivity index (χ2n) is 8.13. The van der Waals surface area contributed by atoms with Crippen molar-refractivity contribution in [2.24, 2.45) is 5.92 Å². The Morgan fingerprint density at radius 2 is 1.97 bits per heavy atom. The molecule has 3 aromatic rings. The fourth-order valence-corrected chi connectivity index (χ4v) is 4.54. The van der Waals surface area contributed by atoms with Crippen molar-refractivity contribution in [2.75, 3.05) is 23.7 Å². The topological polar surface area (TPSA) is 63.1 Å². The van der Waals surface area contributed by atoms with Crippen molar-refractivity contribution in [3.8, 4) is 5.69 Å². The van der Waals surface area contributed by atoms with Gasteiger partial charge in [-0.2, -0.15) is 0 Å². The Labute approximate surface area is 188 Å². The first-order chi connectivity index (χ1) is 15.1. The molecule has 1 amide bonds. The van der Waals surface area contributed by atoms with Gasteiger partial charge in [0, 0.05) is 38.2 Å². The number of aromatic nitrogens is 3. The van der Waals surface area contributed by atoms with Crippen LogP contribution in [0, 0.1) is 12.8 Å². The molecule has 0 unspecified atom stereocenters. The lowest BCUT2D eigenvalue weighted by molar-refractivity contribution is -0.118. The van der Waals surface area contributed by atoms with Gasteiger partial charge in [0.15, 0.2) is 5.16 Å². The predicted molar refractivity (Wildman–Crippen MR) is 126 cm³/mol. The van der Waals surface area contributed by atoms with E-state index in [1.165, 1.54) is 30.2 Å². The SMILES string of the molecule is Cc1ccccc1-n1ccnc1SCC(=O)NCc1ccc(N2CCC(C)CC2)nc1. The number of nitrogens with one attached hydrogen (secondary N) is 1. The van der Waals surface area contributed by atoms with E-state index in [9.17, 15) is 4.79 Å². The van der Waals surface area contributed by atoms with Crippen molar-refractivity contribution >= 4 is 23.5 Å². The summed E-state index contributed by atoms with van der Waals surface area (Å²) < 4.78 is 2.03. The van der Waals surface area contributed by atoms with Gasteiger partial charge >= 0.3 is 0 Å². The minimum Gasteiger partial charge on any atom is -0.357 e. The smallest absolute Gasteiger partial charge is 0.230 e. The molecule has 1 aromatic carbocycles. The van der Waals surface area contributed by atoms with E-state index in [1.807, 2.05) is 29.1 Å². The van der Waals surface area contributed by atoms with E-state index in [1.54, 1.807) is 6.20 Å². The van der Waals surface area contributed by atoms with Gasteiger partial charge in [0.25, 0.3) is 0 Å². The monoisotopic (exact) mass is 435 g/mol. The molecule has 0 atom stereocenters. The first-order valence-electron chi connectivity index (χ1n) is 10.8. The Hall–Kier alpha value is -2.80. The van der Waals surface area contributed by atoms with Crippen molar-refractivity contribution in [1.29, 1.82) is 0 Å². The molecule has 1 aliphatic heterocycles. The molecule has 31 heavy (non-hydrogen) atoms. The molecule has 162 valence electrons. The molecule has 0 spiro atoms. The van der Waals surface area contributed by atoms with Gasteiger partial charge < -0.3 is 10.2 Å². The zero-order valence-electron chi connectivity index (χ0n) is 18.1. The predicted octanol–water partition coefficient (Wildman–Crippen LogP) is 4.22. The molecule has 0 aliphatic carbocycles. The quantitative estimate of drug-likeness (QED) is 0.563. The second-order valence-corrected chi connectivity index (χ2v) is 9.07. The van der Waals surface area contributed by atoms with Gasteiger partial charge in [-0.3, -0.25) is 9.36 Å². The van der Waals surface area contributed by atoms with Crippen LogP contribution in [0.1, 0.15) is 30.9 Å². The number of pyridine rings is 1. The van der Waals surface area contributed by atoms with Gasteiger partial charge in [0.2, 0.25) is 5.91 Å². The minimum atomic E-state index is -0.0153. The summed E-state index contributed by atoms with van der Waals surface area (Å²) in [5.41, 5.74) is 3.26. The highest BCUT2D eigenvalue weighted by Gasteiger charge is 2.16. The number of hydrogen-bond donors (Lipinski definition) is 1. The van der Waals surface area contributed by atoms with Crippen molar-refractivity contribution in [1.82, 2.24) is 19.9 Å². The van der Waals surface area contributed by atoms with Gasteiger partial charge in [-0.25, -0.2) is 9.97 Å². The number of benzene rings is 1. The third-order valence-electron chi connectivity index (χ3n) is 5.72. The maximum atomic E-state index is 12.4. The van der Waals surface area contributed by atoms with Gasteiger partial charge in [-0.15, -0.1) is 0 Å². The van der Waals surface area contributed by atoms with Gasteiger partial charge in [0.05, 0.1) is 11.4 Å². The van der Waals surface area contributed by atoms with Crippen LogP contribution >= 0.6 is 11.8 Å². The molecule has 1 saturated heterocycles. The number of anilines is 1. The van der Waals surface area contributed by atoms with Crippen molar-refractivity contribution in [3.05, 3.63) is 66.1 Å². The van der Waals surface area contributed by atoms with Crippen LogP contribution in [0.25, 0.3) is 5.69 Å². The lowest BCUT2D eigenvalue weighted by atomic mass is 9.99. The first-order valence-corrected chi connectivity index (χ1v) is 11.8. The first kappa shape index (κ1) is 21.4. The maximum absolute atomic E-state index is 12.4. The molecule has 3 heterocycles. The average molecular weight is 436 g/mol. The second kappa shape index (κ2) is 10.0. The summed E-state index contributed by atoms with van der Waals surface area (Å²) in [6.07, 6.45) is 8.01. The number of carbonyl (C=O) groups is 1. The number of carbonyl (C=O) groups excluding carboxylic acids is 1. The molecule has 2 aromatic heterocycles. The van der Waals surface area contributed by atoms with E-state index in [0.717, 1.165) is 41.2 Å². The van der Waals surface area contributed by atoms with Crippen LogP contribution in [0.5, 0.6) is 0 Å². The van der Waals surface area contributed by atoms with Crippen molar-refractivity contribution in [2.45, 2.75) is 38.4 Å². The van der Waals surface area contributed by atoms with Crippen LogP contribution in [0.4, 0.5) is 5.82 Å².